The van der Waals surface area contributed by atoms with Gasteiger partial charge in [-0.1, -0.05) is 13.8 Å². The smallest absolute Gasteiger partial charge is 0.219 e. The predicted octanol–water partition coefficient (Wildman–Crippen LogP) is 1.47. The third kappa shape index (κ3) is 4.06. The molecule has 0 aromatic carbocycles. The molecular formula is C10H19NO2. The minimum Gasteiger partial charge on any atom is -0.336 e. The molecule has 0 saturated carbocycles. The van der Waals surface area contributed by atoms with E-state index in [0.717, 1.165) is 6.42 Å². The first-order valence-corrected chi connectivity index (χ1v) is 4.60. The molecule has 0 bridgehead atoms. The summed E-state index contributed by atoms with van der Waals surface area (Å²) in [7, 11) is 1.68. The topological polar surface area (TPSA) is 37.4 Å². The minimum atomic E-state index is -0.252. The van der Waals surface area contributed by atoms with Crippen LogP contribution in [-0.4, -0.2) is 29.7 Å². The fourth-order valence-electron chi connectivity index (χ4n) is 1.26. The molecule has 0 unspecified atom stereocenters. The number of rotatable bonds is 4. The van der Waals surface area contributed by atoms with E-state index in [9.17, 15) is 9.59 Å². The number of Topliss-reactive ketones (excluding diaryl/α,β-unsaturated/α-hetero) is 1. The second-order valence-corrected chi connectivity index (χ2v) is 3.89. The van der Waals surface area contributed by atoms with Gasteiger partial charge < -0.3 is 4.90 Å². The number of amides is 1. The molecule has 0 aromatic rings. The van der Waals surface area contributed by atoms with Crippen LogP contribution >= 0.6 is 0 Å². The van der Waals surface area contributed by atoms with Crippen molar-refractivity contribution in [2.45, 2.75) is 40.2 Å². The number of carbonyl (C=O) groups is 2. The standard InChI is InChI=1S/C10H19NO2/c1-7(2)6-10(8(3)12)11(5)9(4)13/h7,10H,6H2,1-5H3/t10-/m0/s1. The number of likely N-dealkylation sites (N-methyl/N-ethyl adjacent to an activating group) is 1. The van der Waals surface area contributed by atoms with Crippen LogP contribution in [0.25, 0.3) is 0 Å². The molecule has 0 heterocycles. The van der Waals surface area contributed by atoms with Crippen LogP contribution in [0.5, 0.6) is 0 Å². The van der Waals surface area contributed by atoms with Crippen LogP contribution in [0, 0.1) is 5.92 Å². The van der Waals surface area contributed by atoms with Gasteiger partial charge >= 0.3 is 0 Å². The van der Waals surface area contributed by atoms with Crippen molar-refractivity contribution in [2.24, 2.45) is 5.92 Å². The first-order chi connectivity index (χ1) is 5.86. The third-order valence-electron chi connectivity index (χ3n) is 2.13. The molecule has 0 saturated heterocycles. The van der Waals surface area contributed by atoms with Crippen LogP contribution in [0.15, 0.2) is 0 Å². The molecule has 3 heteroatoms. The quantitative estimate of drug-likeness (QED) is 0.665. The summed E-state index contributed by atoms with van der Waals surface area (Å²) in [6.07, 6.45) is 0.741. The zero-order valence-corrected chi connectivity index (χ0v) is 9.13. The molecule has 0 rings (SSSR count). The Morgan fingerprint density at radius 3 is 1.92 bits per heavy atom. The molecule has 76 valence electrons. The maximum absolute atomic E-state index is 11.2. The van der Waals surface area contributed by atoms with E-state index in [4.69, 9.17) is 0 Å². The SMILES string of the molecule is CC(=O)[C@H](CC(C)C)N(C)C(C)=O. The van der Waals surface area contributed by atoms with Gasteiger partial charge in [-0.2, -0.15) is 0 Å². The summed E-state index contributed by atoms with van der Waals surface area (Å²) in [6.45, 7) is 7.11. The van der Waals surface area contributed by atoms with Crippen LogP contribution in [0.2, 0.25) is 0 Å². The average molecular weight is 185 g/mol. The summed E-state index contributed by atoms with van der Waals surface area (Å²) in [5, 5.41) is 0. The second-order valence-electron chi connectivity index (χ2n) is 3.89. The Hall–Kier alpha value is -0.860. The molecule has 0 aromatic heterocycles. The summed E-state index contributed by atoms with van der Waals surface area (Å²) in [5.41, 5.74) is 0. The maximum Gasteiger partial charge on any atom is 0.219 e. The highest BCUT2D eigenvalue weighted by Crippen LogP contribution is 2.11. The number of hydrogen-bond acceptors (Lipinski definition) is 2. The molecule has 3 nitrogen and oxygen atoms in total. The Labute approximate surface area is 80.1 Å². The summed E-state index contributed by atoms with van der Waals surface area (Å²) in [5.74, 6) is 0.433. The Morgan fingerprint density at radius 2 is 1.69 bits per heavy atom. The van der Waals surface area contributed by atoms with Gasteiger partial charge in [0.15, 0.2) is 5.78 Å². The van der Waals surface area contributed by atoms with Gasteiger partial charge in [-0.05, 0) is 19.3 Å². The van der Waals surface area contributed by atoms with Crippen molar-refractivity contribution < 1.29 is 9.59 Å². The normalized spacial score (nSPS) is 12.8. The molecule has 0 aliphatic heterocycles. The second kappa shape index (κ2) is 5.00. The maximum atomic E-state index is 11.2. The highest BCUT2D eigenvalue weighted by molar-refractivity contribution is 5.86. The van der Waals surface area contributed by atoms with E-state index in [0.29, 0.717) is 5.92 Å². The summed E-state index contributed by atoms with van der Waals surface area (Å²) >= 11 is 0. The van der Waals surface area contributed by atoms with Crippen LogP contribution in [0.1, 0.15) is 34.1 Å². The minimum absolute atomic E-state index is 0.0548. The van der Waals surface area contributed by atoms with Gasteiger partial charge in [0.05, 0.1) is 6.04 Å². The van der Waals surface area contributed by atoms with Crippen molar-refractivity contribution in [3.8, 4) is 0 Å². The van der Waals surface area contributed by atoms with Crippen molar-refractivity contribution in [3.05, 3.63) is 0 Å². The van der Waals surface area contributed by atoms with Crippen molar-refractivity contribution in [1.82, 2.24) is 4.90 Å². The molecule has 0 aliphatic rings. The summed E-state index contributed by atoms with van der Waals surface area (Å²) in [6, 6.07) is -0.252. The van der Waals surface area contributed by atoms with E-state index < -0.39 is 0 Å². The molecule has 0 N–H and O–H groups in total. The zero-order valence-electron chi connectivity index (χ0n) is 9.13. The first kappa shape index (κ1) is 12.1. The van der Waals surface area contributed by atoms with E-state index in [2.05, 4.69) is 0 Å². The fraction of sp³-hybridized carbons (Fsp3) is 0.800. The summed E-state index contributed by atoms with van der Waals surface area (Å²) in [4.78, 5) is 23.8. The van der Waals surface area contributed by atoms with Crippen LogP contribution in [0.4, 0.5) is 0 Å². The summed E-state index contributed by atoms with van der Waals surface area (Å²) < 4.78 is 0. The van der Waals surface area contributed by atoms with Gasteiger partial charge in [-0.3, -0.25) is 9.59 Å². The first-order valence-electron chi connectivity index (χ1n) is 4.60. The van der Waals surface area contributed by atoms with Gasteiger partial charge in [-0.25, -0.2) is 0 Å². The molecule has 0 aliphatic carbocycles. The van der Waals surface area contributed by atoms with Crippen LogP contribution < -0.4 is 0 Å². The van der Waals surface area contributed by atoms with E-state index in [-0.39, 0.29) is 17.7 Å². The number of carbonyl (C=O) groups excluding carboxylic acids is 2. The average Bonchev–Trinajstić information content (AvgIpc) is 1.97. The number of nitrogens with zero attached hydrogens (tertiary/aromatic N) is 1. The highest BCUT2D eigenvalue weighted by atomic mass is 16.2. The molecule has 0 fully saturated rings. The number of ketones is 1. The van der Waals surface area contributed by atoms with Gasteiger partial charge in [0.1, 0.15) is 0 Å². The molecular weight excluding hydrogens is 166 g/mol. The van der Waals surface area contributed by atoms with Crippen molar-refractivity contribution >= 4 is 11.7 Å². The van der Waals surface area contributed by atoms with Gasteiger partial charge in [0.2, 0.25) is 5.91 Å². The van der Waals surface area contributed by atoms with Crippen molar-refractivity contribution in [1.29, 1.82) is 0 Å². The molecule has 1 amide bonds. The van der Waals surface area contributed by atoms with E-state index >= 15 is 0 Å². The lowest BCUT2D eigenvalue weighted by Gasteiger charge is -2.26. The Kier molecular flexibility index (Phi) is 4.67. The third-order valence-corrected chi connectivity index (χ3v) is 2.13. The Balaban J connectivity index is 4.42. The largest absolute Gasteiger partial charge is 0.336 e. The zero-order chi connectivity index (χ0) is 10.6. The van der Waals surface area contributed by atoms with Crippen molar-refractivity contribution in [2.75, 3.05) is 7.05 Å². The van der Waals surface area contributed by atoms with E-state index in [1.807, 2.05) is 13.8 Å². The van der Waals surface area contributed by atoms with E-state index in [1.165, 1.54) is 18.7 Å². The van der Waals surface area contributed by atoms with Crippen LogP contribution in [0.3, 0.4) is 0 Å². The fourth-order valence-corrected chi connectivity index (χ4v) is 1.26. The van der Waals surface area contributed by atoms with Gasteiger partial charge in [-0.15, -0.1) is 0 Å². The number of hydrogen-bond donors (Lipinski definition) is 0. The molecule has 13 heavy (non-hydrogen) atoms. The van der Waals surface area contributed by atoms with Crippen molar-refractivity contribution in [3.63, 3.8) is 0 Å². The predicted molar refractivity (Wildman–Crippen MR) is 52.4 cm³/mol. The molecule has 0 spiro atoms. The molecule has 1 atom stereocenters. The van der Waals surface area contributed by atoms with Gasteiger partial charge in [0, 0.05) is 14.0 Å². The Morgan fingerprint density at radius 1 is 1.23 bits per heavy atom. The van der Waals surface area contributed by atoms with Crippen LogP contribution in [-0.2, 0) is 9.59 Å². The lowest BCUT2D eigenvalue weighted by molar-refractivity contribution is -0.136. The highest BCUT2D eigenvalue weighted by Gasteiger charge is 2.22. The molecule has 0 radical (unpaired) electrons. The van der Waals surface area contributed by atoms with E-state index in [1.54, 1.807) is 7.05 Å². The monoisotopic (exact) mass is 185 g/mol. The van der Waals surface area contributed by atoms with Gasteiger partial charge in [0.25, 0.3) is 0 Å². The lowest BCUT2D eigenvalue weighted by Crippen LogP contribution is -2.41. The lowest BCUT2D eigenvalue weighted by atomic mass is 10.00. The Bertz CT molecular complexity index is 199.